The van der Waals surface area contributed by atoms with Crippen molar-refractivity contribution in [2.45, 2.75) is 18.2 Å². The summed E-state index contributed by atoms with van der Waals surface area (Å²) in [6, 6.07) is 8.42. The molecule has 0 unspecified atom stereocenters. The van der Waals surface area contributed by atoms with Gasteiger partial charge in [-0.15, -0.1) is 0 Å². The number of nitrogen functional groups attached to an aromatic ring is 1. The fraction of sp³-hybridized carbons (Fsp3) is 0.214. The summed E-state index contributed by atoms with van der Waals surface area (Å²) >= 11 is 5.99. The Hall–Kier alpha value is -1.63. The maximum atomic E-state index is 12.2. The number of anilines is 1. The number of rotatable bonds is 5. The van der Waals surface area contributed by atoms with Crippen molar-refractivity contribution < 1.29 is 8.42 Å². The molecular formula is C14H16ClN3O2S. The first-order valence-corrected chi connectivity index (χ1v) is 8.21. The minimum absolute atomic E-state index is 0.00622. The second-order valence-electron chi connectivity index (χ2n) is 4.61. The number of benzene rings is 1. The van der Waals surface area contributed by atoms with Crippen LogP contribution >= 0.6 is 11.6 Å². The van der Waals surface area contributed by atoms with E-state index in [0.717, 1.165) is 11.3 Å². The molecule has 0 aliphatic heterocycles. The number of aromatic nitrogens is 1. The van der Waals surface area contributed by atoms with Crippen LogP contribution in [0.4, 0.5) is 5.69 Å². The minimum Gasteiger partial charge on any atom is -0.398 e. The van der Waals surface area contributed by atoms with Gasteiger partial charge in [0, 0.05) is 30.5 Å². The zero-order valence-electron chi connectivity index (χ0n) is 11.5. The molecule has 2 rings (SSSR count). The van der Waals surface area contributed by atoms with Crippen molar-refractivity contribution in [3.63, 3.8) is 0 Å². The summed E-state index contributed by atoms with van der Waals surface area (Å²) in [5, 5.41) is 0.159. The average molecular weight is 326 g/mol. The Morgan fingerprint density at radius 3 is 2.76 bits per heavy atom. The third-order valence-corrected chi connectivity index (χ3v) is 4.94. The van der Waals surface area contributed by atoms with Crippen LogP contribution in [0.15, 0.2) is 41.4 Å². The fourth-order valence-electron chi connectivity index (χ4n) is 1.81. The van der Waals surface area contributed by atoms with Gasteiger partial charge in [0.2, 0.25) is 10.0 Å². The van der Waals surface area contributed by atoms with Crippen molar-refractivity contribution in [3.05, 3.63) is 52.8 Å². The molecule has 112 valence electrons. The maximum absolute atomic E-state index is 12.2. The lowest BCUT2D eigenvalue weighted by atomic mass is 10.2. The molecule has 5 nitrogen and oxygen atoms in total. The molecule has 0 fully saturated rings. The van der Waals surface area contributed by atoms with Crippen LogP contribution in [0.1, 0.15) is 11.3 Å². The van der Waals surface area contributed by atoms with Crippen LogP contribution in [0.5, 0.6) is 0 Å². The number of sulfonamides is 1. The third kappa shape index (κ3) is 3.93. The number of hydrogen-bond acceptors (Lipinski definition) is 4. The van der Waals surface area contributed by atoms with Gasteiger partial charge in [-0.05, 0) is 36.8 Å². The Kier molecular flexibility index (Phi) is 4.82. The van der Waals surface area contributed by atoms with Crippen molar-refractivity contribution in [1.82, 2.24) is 9.71 Å². The summed E-state index contributed by atoms with van der Waals surface area (Å²) in [5.74, 6) is 0. The third-order valence-electron chi connectivity index (χ3n) is 3.01. The number of aryl methyl sites for hydroxylation is 1. The molecule has 1 aromatic carbocycles. The van der Waals surface area contributed by atoms with Gasteiger partial charge in [0.25, 0.3) is 0 Å². The molecule has 0 amide bonds. The lowest BCUT2D eigenvalue weighted by molar-refractivity contribution is 0.581. The monoisotopic (exact) mass is 325 g/mol. The van der Waals surface area contributed by atoms with Gasteiger partial charge in [0.05, 0.1) is 5.02 Å². The first-order chi connectivity index (χ1) is 9.90. The Bertz CT molecular complexity index is 733. The molecule has 0 atom stereocenters. The molecule has 3 N–H and O–H groups in total. The van der Waals surface area contributed by atoms with E-state index in [1.54, 1.807) is 19.2 Å². The standard InChI is InChI=1S/C14H16ClN3O2S/c1-10-8-12(15)14(9-13(10)16)21(19,20)18-7-5-11-4-2-3-6-17-11/h2-4,6,8-9,18H,5,7,16H2,1H3. The van der Waals surface area contributed by atoms with Crippen LogP contribution in [0.2, 0.25) is 5.02 Å². The Morgan fingerprint density at radius 2 is 2.10 bits per heavy atom. The van der Waals surface area contributed by atoms with Crippen LogP contribution in [0, 0.1) is 6.92 Å². The van der Waals surface area contributed by atoms with E-state index in [9.17, 15) is 8.42 Å². The second kappa shape index (κ2) is 6.43. The quantitative estimate of drug-likeness (QED) is 0.825. The number of nitrogens with zero attached hydrogens (tertiary/aromatic N) is 1. The highest BCUT2D eigenvalue weighted by Gasteiger charge is 2.18. The van der Waals surface area contributed by atoms with Crippen LogP contribution in [0.3, 0.4) is 0 Å². The van der Waals surface area contributed by atoms with Gasteiger partial charge in [-0.3, -0.25) is 4.98 Å². The van der Waals surface area contributed by atoms with Gasteiger partial charge in [-0.25, -0.2) is 13.1 Å². The minimum atomic E-state index is -3.69. The number of pyridine rings is 1. The van der Waals surface area contributed by atoms with Crippen molar-refractivity contribution in [2.75, 3.05) is 12.3 Å². The van der Waals surface area contributed by atoms with Gasteiger partial charge in [0.15, 0.2) is 0 Å². The zero-order chi connectivity index (χ0) is 15.5. The van der Waals surface area contributed by atoms with E-state index in [1.807, 2.05) is 18.2 Å². The summed E-state index contributed by atoms with van der Waals surface area (Å²) < 4.78 is 27.0. The molecule has 1 heterocycles. The molecule has 0 radical (unpaired) electrons. The predicted octanol–water partition coefficient (Wildman–Crippen LogP) is 2.15. The summed E-state index contributed by atoms with van der Waals surface area (Å²) in [4.78, 5) is 4.13. The van der Waals surface area contributed by atoms with Gasteiger partial charge in [-0.1, -0.05) is 17.7 Å². The highest BCUT2D eigenvalue weighted by molar-refractivity contribution is 7.89. The number of nitrogens with one attached hydrogen (secondary N) is 1. The van der Waals surface area contributed by atoms with E-state index < -0.39 is 10.0 Å². The Labute approximate surface area is 129 Å². The molecule has 0 spiro atoms. The zero-order valence-corrected chi connectivity index (χ0v) is 13.1. The van der Waals surface area contributed by atoms with E-state index in [-0.39, 0.29) is 16.5 Å². The number of hydrogen-bond donors (Lipinski definition) is 2. The maximum Gasteiger partial charge on any atom is 0.242 e. The van der Waals surface area contributed by atoms with Gasteiger partial charge in [0.1, 0.15) is 4.90 Å². The summed E-state index contributed by atoms with van der Waals surface area (Å²) in [5.41, 5.74) is 7.70. The van der Waals surface area contributed by atoms with E-state index >= 15 is 0 Å². The molecule has 0 aliphatic carbocycles. The molecule has 0 bridgehead atoms. The highest BCUT2D eigenvalue weighted by atomic mass is 35.5. The summed E-state index contributed by atoms with van der Waals surface area (Å²) in [6.07, 6.45) is 2.17. The van der Waals surface area contributed by atoms with Crippen LogP contribution in [0.25, 0.3) is 0 Å². The largest absolute Gasteiger partial charge is 0.398 e. The fourth-order valence-corrected chi connectivity index (χ4v) is 3.46. The topological polar surface area (TPSA) is 85.1 Å². The molecule has 7 heteroatoms. The second-order valence-corrected chi connectivity index (χ2v) is 6.75. The van der Waals surface area contributed by atoms with Crippen molar-refractivity contribution in [2.24, 2.45) is 0 Å². The van der Waals surface area contributed by atoms with Crippen molar-refractivity contribution in [1.29, 1.82) is 0 Å². The van der Waals surface area contributed by atoms with E-state index in [0.29, 0.717) is 12.1 Å². The average Bonchev–Trinajstić information content (AvgIpc) is 2.43. The highest BCUT2D eigenvalue weighted by Crippen LogP contribution is 2.26. The number of nitrogens with two attached hydrogens (primary N) is 1. The first-order valence-electron chi connectivity index (χ1n) is 6.35. The molecule has 1 aromatic heterocycles. The molecule has 0 aliphatic rings. The van der Waals surface area contributed by atoms with Crippen LogP contribution < -0.4 is 10.5 Å². The number of halogens is 1. The van der Waals surface area contributed by atoms with E-state index in [1.165, 1.54) is 6.07 Å². The normalized spacial score (nSPS) is 11.5. The molecular weight excluding hydrogens is 310 g/mol. The summed E-state index contributed by atoms with van der Waals surface area (Å²) in [7, 11) is -3.69. The predicted molar refractivity (Wildman–Crippen MR) is 83.7 cm³/mol. The smallest absolute Gasteiger partial charge is 0.242 e. The Balaban J connectivity index is 2.10. The van der Waals surface area contributed by atoms with Crippen molar-refractivity contribution in [3.8, 4) is 0 Å². The van der Waals surface area contributed by atoms with Crippen molar-refractivity contribution >= 4 is 27.3 Å². The first kappa shape index (κ1) is 15.8. The van der Waals surface area contributed by atoms with E-state index in [2.05, 4.69) is 9.71 Å². The molecule has 2 aromatic rings. The van der Waals surface area contributed by atoms with E-state index in [4.69, 9.17) is 17.3 Å². The molecule has 0 saturated heterocycles. The molecule has 0 saturated carbocycles. The van der Waals surface area contributed by atoms with Gasteiger partial charge in [-0.2, -0.15) is 0 Å². The molecule has 21 heavy (non-hydrogen) atoms. The van der Waals surface area contributed by atoms with Crippen LogP contribution in [-0.4, -0.2) is 19.9 Å². The lowest BCUT2D eigenvalue weighted by Gasteiger charge is -2.10. The van der Waals surface area contributed by atoms with Gasteiger partial charge >= 0.3 is 0 Å². The lowest BCUT2D eigenvalue weighted by Crippen LogP contribution is -2.26. The Morgan fingerprint density at radius 1 is 1.33 bits per heavy atom. The SMILES string of the molecule is Cc1cc(Cl)c(S(=O)(=O)NCCc2ccccn2)cc1N. The summed E-state index contributed by atoms with van der Waals surface area (Å²) in [6.45, 7) is 2.01. The van der Waals surface area contributed by atoms with Gasteiger partial charge < -0.3 is 5.73 Å². The van der Waals surface area contributed by atoms with Crippen LogP contribution in [-0.2, 0) is 16.4 Å².